The maximum absolute atomic E-state index is 12.1. The van der Waals surface area contributed by atoms with Gasteiger partial charge in [0.25, 0.3) is 0 Å². The van der Waals surface area contributed by atoms with Crippen molar-refractivity contribution in [1.82, 2.24) is 4.90 Å². The standard InChI is InChI=1S/C14H15Br2NO4/c1-2-5-17-11(18)7-21-13(14(19)20)12(17)8-3-4-9(15)10(16)6-8/h3-4,6,12-13H,2,5,7H2,1H3,(H,19,20). The minimum Gasteiger partial charge on any atom is -0.479 e. The lowest BCUT2D eigenvalue weighted by Crippen LogP contribution is -2.52. The second-order valence-electron chi connectivity index (χ2n) is 4.78. The summed E-state index contributed by atoms with van der Waals surface area (Å²) in [6, 6.07) is 4.82. The Morgan fingerprint density at radius 2 is 2.14 bits per heavy atom. The number of aliphatic carboxylic acids is 1. The van der Waals surface area contributed by atoms with Gasteiger partial charge in [-0.25, -0.2) is 4.79 Å². The summed E-state index contributed by atoms with van der Waals surface area (Å²) < 4.78 is 6.92. The van der Waals surface area contributed by atoms with E-state index in [9.17, 15) is 14.7 Å². The maximum Gasteiger partial charge on any atom is 0.335 e. The van der Waals surface area contributed by atoms with Crippen LogP contribution < -0.4 is 0 Å². The molecule has 1 saturated heterocycles. The number of amides is 1. The lowest BCUT2D eigenvalue weighted by Gasteiger charge is -2.39. The molecule has 2 unspecified atom stereocenters. The van der Waals surface area contributed by atoms with Crippen molar-refractivity contribution in [3.63, 3.8) is 0 Å². The average molecular weight is 421 g/mol. The van der Waals surface area contributed by atoms with Gasteiger partial charge >= 0.3 is 5.97 Å². The third-order valence-electron chi connectivity index (χ3n) is 3.32. The van der Waals surface area contributed by atoms with Crippen molar-refractivity contribution >= 4 is 43.7 Å². The van der Waals surface area contributed by atoms with Gasteiger partial charge in [0.1, 0.15) is 6.61 Å². The molecule has 1 heterocycles. The van der Waals surface area contributed by atoms with E-state index in [0.29, 0.717) is 6.54 Å². The molecule has 1 fully saturated rings. The monoisotopic (exact) mass is 419 g/mol. The van der Waals surface area contributed by atoms with Gasteiger partial charge in [-0.3, -0.25) is 4.79 Å². The van der Waals surface area contributed by atoms with E-state index in [1.807, 2.05) is 19.1 Å². The Balaban J connectivity index is 2.45. The Morgan fingerprint density at radius 3 is 2.71 bits per heavy atom. The van der Waals surface area contributed by atoms with E-state index in [1.165, 1.54) is 0 Å². The van der Waals surface area contributed by atoms with Crippen LogP contribution in [0.2, 0.25) is 0 Å². The van der Waals surface area contributed by atoms with Crippen LogP contribution in [-0.4, -0.2) is 41.1 Å². The van der Waals surface area contributed by atoms with E-state index in [1.54, 1.807) is 11.0 Å². The van der Waals surface area contributed by atoms with Crippen LogP contribution in [0.25, 0.3) is 0 Å². The van der Waals surface area contributed by atoms with Gasteiger partial charge in [0.15, 0.2) is 6.10 Å². The SMILES string of the molecule is CCCN1C(=O)COC(C(=O)O)C1c1ccc(Br)c(Br)c1. The molecular formula is C14H15Br2NO4. The van der Waals surface area contributed by atoms with Gasteiger partial charge in [-0.15, -0.1) is 0 Å². The molecule has 1 amide bonds. The third kappa shape index (κ3) is 3.46. The van der Waals surface area contributed by atoms with Crippen LogP contribution >= 0.6 is 31.9 Å². The number of morpholine rings is 1. The first-order valence-electron chi connectivity index (χ1n) is 6.54. The largest absolute Gasteiger partial charge is 0.479 e. The van der Waals surface area contributed by atoms with Crippen LogP contribution in [-0.2, 0) is 14.3 Å². The number of carboxylic acids is 1. The topological polar surface area (TPSA) is 66.8 Å². The highest BCUT2D eigenvalue weighted by Gasteiger charge is 2.41. The van der Waals surface area contributed by atoms with Crippen molar-refractivity contribution < 1.29 is 19.4 Å². The fourth-order valence-corrected chi connectivity index (χ4v) is 3.06. The summed E-state index contributed by atoms with van der Waals surface area (Å²) in [6.07, 6.45) is -0.297. The summed E-state index contributed by atoms with van der Waals surface area (Å²) in [6.45, 7) is 2.27. The molecule has 2 atom stereocenters. The number of benzene rings is 1. The zero-order valence-electron chi connectivity index (χ0n) is 11.4. The second-order valence-corrected chi connectivity index (χ2v) is 6.48. The van der Waals surface area contributed by atoms with Crippen molar-refractivity contribution in [3.8, 4) is 0 Å². The molecule has 1 aliphatic rings. The van der Waals surface area contributed by atoms with Crippen LogP contribution in [0.3, 0.4) is 0 Å². The molecule has 0 bridgehead atoms. The molecular weight excluding hydrogens is 406 g/mol. The molecule has 1 aromatic carbocycles. The Morgan fingerprint density at radius 1 is 1.43 bits per heavy atom. The van der Waals surface area contributed by atoms with Gasteiger partial charge in [0.05, 0.1) is 6.04 Å². The summed E-state index contributed by atoms with van der Waals surface area (Å²) >= 11 is 6.79. The van der Waals surface area contributed by atoms with Gasteiger partial charge in [0, 0.05) is 15.5 Å². The van der Waals surface area contributed by atoms with Crippen molar-refractivity contribution in [2.24, 2.45) is 0 Å². The number of ether oxygens (including phenoxy) is 1. The summed E-state index contributed by atoms with van der Waals surface area (Å²) in [7, 11) is 0. The molecule has 114 valence electrons. The van der Waals surface area contributed by atoms with E-state index < -0.39 is 18.1 Å². The summed E-state index contributed by atoms with van der Waals surface area (Å²) in [5.41, 5.74) is 0.735. The van der Waals surface area contributed by atoms with Crippen molar-refractivity contribution in [2.75, 3.05) is 13.2 Å². The first-order chi connectivity index (χ1) is 9.95. The number of carbonyl (C=O) groups excluding carboxylic acids is 1. The van der Waals surface area contributed by atoms with Crippen LogP contribution in [0.1, 0.15) is 24.9 Å². The smallest absolute Gasteiger partial charge is 0.335 e. The first-order valence-corrected chi connectivity index (χ1v) is 8.13. The van der Waals surface area contributed by atoms with Crippen LogP contribution in [0.5, 0.6) is 0 Å². The Kier molecular flexibility index (Phi) is 5.40. The van der Waals surface area contributed by atoms with Crippen molar-refractivity contribution in [2.45, 2.75) is 25.5 Å². The summed E-state index contributed by atoms with van der Waals surface area (Å²) in [5, 5.41) is 9.38. The maximum atomic E-state index is 12.1. The molecule has 1 aliphatic heterocycles. The molecule has 2 rings (SSSR count). The first kappa shape index (κ1) is 16.5. The number of carboxylic acid groups (broad SMARTS) is 1. The zero-order chi connectivity index (χ0) is 15.6. The van der Waals surface area contributed by atoms with Crippen LogP contribution in [0.4, 0.5) is 0 Å². The highest BCUT2D eigenvalue weighted by molar-refractivity contribution is 9.13. The molecule has 0 saturated carbocycles. The van der Waals surface area contributed by atoms with Crippen molar-refractivity contribution in [1.29, 1.82) is 0 Å². The molecule has 0 radical (unpaired) electrons. The molecule has 1 N–H and O–H groups in total. The fraction of sp³-hybridized carbons (Fsp3) is 0.429. The molecule has 0 aromatic heterocycles. The number of nitrogens with zero attached hydrogens (tertiary/aromatic N) is 1. The normalized spacial score (nSPS) is 22.4. The molecule has 0 aliphatic carbocycles. The number of hydrogen-bond donors (Lipinski definition) is 1. The van der Waals surface area contributed by atoms with Gasteiger partial charge in [-0.2, -0.15) is 0 Å². The van der Waals surface area contributed by atoms with Gasteiger partial charge in [0.2, 0.25) is 5.91 Å². The van der Waals surface area contributed by atoms with E-state index in [-0.39, 0.29) is 12.5 Å². The predicted molar refractivity (Wildman–Crippen MR) is 84.0 cm³/mol. The molecule has 7 heteroatoms. The van der Waals surface area contributed by atoms with E-state index in [0.717, 1.165) is 20.9 Å². The molecule has 21 heavy (non-hydrogen) atoms. The van der Waals surface area contributed by atoms with Gasteiger partial charge in [-0.1, -0.05) is 13.0 Å². The molecule has 5 nitrogen and oxygen atoms in total. The molecule has 1 aromatic rings. The Bertz CT molecular complexity index is 564. The van der Waals surface area contributed by atoms with E-state index in [2.05, 4.69) is 31.9 Å². The predicted octanol–water partition coefficient (Wildman–Crippen LogP) is 2.97. The van der Waals surface area contributed by atoms with Crippen LogP contribution in [0, 0.1) is 0 Å². The van der Waals surface area contributed by atoms with E-state index in [4.69, 9.17) is 4.74 Å². The minimum absolute atomic E-state index is 0.182. The summed E-state index contributed by atoms with van der Waals surface area (Å²) in [4.78, 5) is 25.1. The Hall–Kier alpha value is -0.920. The van der Waals surface area contributed by atoms with Crippen LogP contribution in [0.15, 0.2) is 27.1 Å². The van der Waals surface area contributed by atoms with Crippen molar-refractivity contribution in [3.05, 3.63) is 32.7 Å². The summed E-state index contributed by atoms with van der Waals surface area (Å²) in [5.74, 6) is -1.24. The third-order valence-corrected chi connectivity index (χ3v) is 5.20. The number of carbonyl (C=O) groups is 2. The fourth-order valence-electron chi connectivity index (χ4n) is 2.42. The number of halogens is 2. The average Bonchev–Trinajstić information content (AvgIpc) is 2.44. The van der Waals surface area contributed by atoms with E-state index >= 15 is 0 Å². The highest BCUT2D eigenvalue weighted by atomic mass is 79.9. The second kappa shape index (κ2) is 6.89. The number of hydrogen-bond acceptors (Lipinski definition) is 3. The Labute approximate surface area is 139 Å². The van der Waals surface area contributed by atoms with Gasteiger partial charge in [-0.05, 0) is 56.0 Å². The quantitative estimate of drug-likeness (QED) is 0.812. The minimum atomic E-state index is -1.06. The lowest BCUT2D eigenvalue weighted by atomic mass is 9.97. The molecule has 0 spiro atoms. The zero-order valence-corrected chi connectivity index (χ0v) is 14.6. The lowest BCUT2D eigenvalue weighted by molar-refractivity contribution is -0.173. The highest BCUT2D eigenvalue weighted by Crippen LogP contribution is 2.34. The number of rotatable bonds is 4. The van der Waals surface area contributed by atoms with Gasteiger partial charge < -0.3 is 14.7 Å².